The van der Waals surface area contributed by atoms with Crippen LogP contribution in [0.25, 0.3) is 0 Å². The first-order chi connectivity index (χ1) is 13.9. The lowest BCUT2D eigenvalue weighted by Crippen LogP contribution is -2.46. The topological polar surface area (TPSA) is 95.4 Å². The third kappa shape index (κ3) is 4.10. The first-order valence-electron chi connectivity index (χ1n) is 9.38. The van der Waals surface area contributed by atoms with E-state index in [1.165, 1.54) is 6.33 Å². The summed E-state index contributed by atoms with van der Waals surface area (Å²) in [4.78, 5) is 31.1. The third-order valence-electron chi connectivity index (χ3n) is 4.95. The molecule has 10 heteroatoms. The number of halogens is 1. The molecule has 2 aliphatic heterocycles. The van der Waals surface area contributed by atoms with Crippen LogP contribution in [-0.2, 0) is 11.3 Å². The fraction of sp³-hybridized carbons (Fsp3) is 0.368. The Hall–Kier alpha value is -2.91. The van der Waals surface area contributed by atoms with Gasteiger partial charge in [-0.1, -0.05) is 23.7 Å². The number of carbonyl (C=O) groups excluding carboxylic acids is 2. The maximum Gasteiger partial charge on any atom is 0.291 e. The van der Waals surface area contributed by atoms with Crippen LogP contribution in [0.4, 0.5) is 0 Å². The number of carbonyl (C=O) groups is 2. The highest BCUT2D eigenvalue weighted by atomic mass is 35.5. The number of hydrogen-bond donors (Lipinski definition) is 2. The molecule has 0 saturated carbocycles. The van der Waals surface area contributed by atoms with E-state index in [1.54, 1.807) is 28.8 Å². The number of hydrogen-bond acceptors (Lipinski definition) is 6. The van der Waals surface area contributed by atoms with Crippen LogP contribution in [0.2, 0.25) is 5.02 Å². The molecule has 2 aromatic rings. The zero-order valence-electron chi connectivity index (χ0n) is 16.2. The molecule has 4 rings (SSSR count). The van der Waals surface area contributed by atoms with Gasteiger partial charge in [-0.05, 0) is 37.1 Å². The Morgan fingerprint density at radius 3 is 2.86 bits per heavy atom. The SMILES string of the molecule is CC1C=C2N(CCC(NC(=O)c3ncn(Cc4ccc(Cl)cc4)n3)C(=O)N2C)N1. The largest absolute Gasteiger partial charge is 0.337 e. The predicted molar refractivity (Wildman–Crippen MR) is 107 cm³/mol. The van der Waals surface area contributed by atoms with E-state index in [9.17, 15) is 9.59 Å². The number of hydrazine groups is 1. The predicted octanol–water partition coefficient (Wildman–Crippen LogP) is 0.990. The smallest absolute Gasteiger partial charge is 0.291 e. The minimum absolute atomic E-state index is 0.0325. The lowest BCUT2D eigenvalue weighted by molar-refractivity contribution is -0.130. The van der Waals surface area contributed by atoms with Crippen LogP contribution < -0.4 is 10.7 Å². The Bertz CT molecular complexity index is 956. The number of benzene rings is 1. The second-order valence-electron chi connectivity index (χ2n) is 7.20. The average Bonchev–Trinajstić information content (AvgIpc) is 3.29. The first-order valence-corrected chi connectivity index (χ1v) is 9.76. The van der Waals surface area contributed by atoms with E-state index in [0.717, 1.165) is 11.4 Å². The van der Waals surface area contributed by atoms with Gasteiger partial charge < -0.3 is 5.32 Å². The van der Waals surface area contributed by atoms with E-state index in [1.807, 2.05) is 30.1 Å². The normalized spacial score (nSPS) is 21.6. The van der Waals surface area contributed by atoms with Crippen LogP contribution in [0.15, 0.2) is 42.5 Å². The summed E-state index contributed by atoms with van der Waals surface area (Å²) in [6.07, 6.45) is 3.97. The molecule has 0 aliphatic carbocycles. The number of likely N-dealkylation sites (N-methyl/N-ethyl adjacent to an activating group) is 1. The maximum absolute atomic E-state index is 12.8. The van der Waals surface area contributed by atoms with E-state index in [4.69, 9.17) is 11.6 Å². The third-order valence-corrected chi connectivity index (χ3v) is 5.20. The fourth-order valence-corrected chi connectivity index (χ4v) is 3.60. The Kier molecular flexibility index (Phi) is 5.25. The van der Waals surface area contributed by atoms with Gasteiger partial charge >= 0.3 is 0 Å². The molecule has 1 saturated heterocycles. The van der Waals surface area contributed by atoms with Gasteiger partial charge in [0.1, 0.15) is 18.2 Å². The van der Waals surface area contributed by atoms with Crippen molar-refractivity contribution in [3.8, 4) is 0 Å². The molecule has 2 amide bonds. The summed E-state index contributed by atoms with van der Waals surface area (Å²) in [6.45, 7) is 3.09. The molecule has 2 N–H and O–H groups in total. The molecule has 9 nitrogen and oxygen atoms in total. The summed E-state index contributed by atoms with van der Waals surface area (Å²) in [6, 6.07) is 6.90. The molecule has 2 unspecified atom stereocenters. The van der Waals surface area contributed by atoms with Crippen molar-refractivity contribution in [3.63, 3.8) is 0 Å². The number of nitrogens with one attached hydrogen (secondary N) is 2. The summed E-state index contributed by atoms with van der Waals surface area (Å²) in [5, 5.41) is 9.60. The zero-order chi connectivity index (χ0) is 20.5. The van der Waals surface area contributed by atoms with E-state index >= 15 is 0 Å². The van der Waals surface area contributed by atoms with Gasteiger partial charge in [0, 0.05) is 24.7 Å². The van der Waals surface area contributed by atoms with Gasteiger partial charge in [0.15, 0.2) is 0 Å². The molecule has 2 aliphatic rings. The molecule has 1 aromatic heterocycles. The number of amides is 2. The Balaban J connectivity index is 1.41. The molecule has 1 fully saturated rings. The number of fused-ring (bicyclic) bond motifs is 1. The van der Waals surface area contributed by atoms with Crippen molar-refractivity contribution in [2.45, 2.75) is 32.0 Å². The Morgan fingerprint density at radius 1 is 1.34 bits per heavy atom. The van der Waals surface area contributed by atoms with E-state index < -0.39 is 11.9 Å². The quantitative estimate of drug-likeness (QED) is 0.773. The average molecular weight is 416 g/mol. The lowest BCUT2D eigenvalue weighted by atomic mass is 10.2. The van der Waals surface area contributed by atoms with Crippen molar-refractivity contribution >= 4 is 23.4 Å². The standard InChI is InChI=1S/C19H22ClN7O2/c1-12-9-16-25(2)19(29)15(7-8-27(16)23-12)22-18(28)17-21-11-26(24-17)10-13-3-5-14(20)6-4-13/h3-6,9,11-12,15,23H,7-8,10H2,1-2H3,(H,22,28). The summed E-state index contributed by atoms with van der Waals surface area (Å²) < 4.78 is 1.57. The lowest BCUT2D eigenvalue weighted by Gasteiger charge is -2.25. The molecule has 0 bridgehead atoms. The van der Waals surface area contributed by atoms with Gasteiger partial charge in [-0.25, -0.2) is 15.1 Å². The molecule has 3 heterocycles. The Morgan fingerprint density at radius 2 is 2.10 bits per heavy atom. The molecule has 29 heavy (non-hydrogen) atoms. The van der Waals surface area contributed by atoms with Crippen LogP contribution in [0.5, 0.6) is 0 Å². The number of nitrogens with zero attached hydrogens (tertiary/aromatic N) is 5. The molecular formula is C19H22ClN7O2. The van der Waals surface area contributed by atoms with Gasteiger partial charge in [0.25, 0.3) is 11.8 Å². The summed E-state index contributed by atoms with van der Waals surface area (Å²) >= 11 is 5.90. The van der Waals surface area contributed by atoms with Crippen molar-refractivity contribution in [2.24, 2.45) is 0 Å². The van der Waals surface area contributed by atoms with Gasteiger partial charge in [-0.3, -0.25) is 19.5 Å². The molecule has 1 aromatic carbocycles. The summed E-state index contributed by atoms with van der Waals surface area (Å²) in [5.74, 6) is 0.210. The monoisotopic (exact) mass is 415 g/mol. The van der Waals surface area contributed by atoms with Crippen molar-refractivity contribution in [1.82, 2.24) is 35.4 Å². The van der Waals surface area contributed by atoms with Crippen LogP contribution >= 0.6 is 11.6 Å². The summed E-state index contributed by atoms with van der Waals surface area (Å²) in [7, 11) is 1.71. The molecular weight excluding hydrogens is 394 g/mol. The van der Waals surface area contributed by atoms with Crippen LogP contribution in [0.3, 0.4) is 0 Å². The van der Waals surface area contributed by atoms with E-state index in [-0.39, 0.29) is 17.8 Å². The second kappa shape index (κ2) is 7.84. The number of rotatable bonds is 4. The molecule has 2 atom stereocenters. The second-order valence-corrected chi connectivity index (χ2v) is 7.63. The van der Waals surface area contributed by atoms with Crippen LogP contribution in [0, 0.1) is 0 Å². The minimum Gasteiger partial charge on any atom is -0.337 e. The molecule has 0 radical (unpaired) electrons. The van der Waals surface area contributed by atoms with Gasteiger partial charge in [-0.15, -0.1) is 5.10 Å². The molecule has 152 valence electrons. The van der Waals surface area contributed by atoms with Crippen molar-refractivity contribution in [2.75, 3.05) is 13.6 Å². The zero-order valence-corrected chi connectivity index (χ0v) is 16.9. The summed E-state index contributed by atoms with van der Waals surface area (Å²) in [5.41, 5.74) is 4.27. The highest BCUT2D eigenvalue weighted by molar-refractivity contribution is 6.30. The fourth-order valence-electron chi connectivity index (χ4n) is 3.47. The van der Waals surface area contributed by atoms with Crippen molar-refractivity contribution in [3.05, 3.63) is 58.9 Å². The van der Waals surface area contributed by atoms with Crippen molar-refractivity contribution < 1.29 is 9.59 Å². The number of aromatic nitrogens is 3. The van der Waals surface area contributed by atoms with Gasteiger partial charge in [0.05, 0.1) is 6.54 Å². The Labute approximate surface area is 173 Å². The minimum atomic E-state index is -0.640. The highest BCUT2D eigenvalue weighted by Gasteiger charge is 2.35. The van der Waals surface area contributed by atoms with Gasteiger partial charge in [-0.2, -0.15) is 0 Å². The highest BCUT2D eigenvalue weighted by Crippen LogP contribution is 2.21. The first kappa shape index (κ1) is 19.4. The van der Waals surface area contributed by atoms with Crippen LogP contribution in [0.1, 0.15) is 29.5 Å². The molecule has 0 spiro atoms. The maximum atomic E-state index is 12.8. The van der Waals surface area contributed by atoms with Crippen molar-refractivity contribution in [1.29, 1.82) is 0 Å². The van der Waals surface area contributed by atoms with Gasteiger partial charge in [0.2, 0.25) is 5.82 Å². The van der Waals surface area contributed by atoms with E-state index in [2.05, 4.69) is 20.8 Å². The van der Waals surface area contributed by atoms with E-state index in [0.29, 0.717) is 24.5 Å². The van der Waals surface area contributed by atoms with Crippen LogP contribution in [-0.4, -0.2) is 62.2 Å².